The number of carbonyl (C=O) groups excluding carboxylic acids is 3. The molecule has 0 aromatic carbocycles. The number of imide groups is 1. The van der Waals surface area contributed by atoms with E-state index in [4.69, 9.17) is 5.73 Å². The van der Waals surface area contributed by atoms with E-state index in [-0.39, 0.29) is 42.2 Å². The first kappa shape index (κ1) is 23.9. The molecule has 1 aliphatic heterocycles. The van der Waals surface area contributed by atoms with Crippen LogP contribution in [0.3, 0.4) is 0 Å². The lowest BCUT2D eigenvalue weighted by atomic mass is 9.64. The Morgan fingerprint density at radius 3 is 2.48 bits per heavy atom. The molecule has 166 valence electrons. The number of halogens is 1. The Morgan fingerprint density at radius 2 is 1.90 bits per heavy atom. The lowest BCUT2D eigenvalue weighted by Crippen LogP contribution is -2.54. The lowest BCUT2D eigenvalue weighted by Gasteiger charge is -2.43. The summed E-state index contributed by atoms with van der Waals surface area (Å²) in [6.07, 6.45) is 7.98. The van der Waals surface area contributed by atoms with Gasteiger partial charge in [-0.15, -0.1) is 12.4 Å². The monoisotopic (exact) mass is 428 g/mol. The van der Waals surface area contributed by atoms with E-state index >= 15 is 0 Å². The lowest BCUT2D eigenvalue weighted by molar-refractivity contribution is -0.137. The van der Waals surface area contributed by atoms with Gasteiger partial charge in [0.1, 0.15) is 12.1 Å². The van der Waals surface area contributed by atoms with Crippen molar-refractivity contribution in [1.82, 2.24) is 15.5 Å². The van der Waals surface area contributed by atoms with Crippen molar-refractivity contribution in [1.29, 1.82) is 0 Å². The predicted molar refractivity (Wildman–Crippen MR) is 115 cm³/mol. The van der Waals surface area contributed by atoms with Crippen LogP contribution in [0, 0.1) is 17.3 Å². The summed E-state index contributed by atoms with van der Waals surface area (Å²) in [4.78, 5) is 39.4. The van der Waals surface area contributed by atoms with E-state index in [1.165, 1.54) is 19.3 Å². The summed E-state index contributed by atoms with van der Waals surface area (Å²) < 4.78 is 0. The van der Waals surface area contributed by atoms with E-state index in [1.807, 2.05) is 0 Å². The average molecular weight is 429 g/mol. The largest absolute Gasteiger partial charge is 0.350 e. The summed E-state index contributed by atoms with van der Waals surface area (Å²) in [7, 11) is 0. The van der Waals surface area contributed by atoms with Crippen LogP contribution in [0.1, 0.15) is 72.1 Å². The maximum atomic E-state index is 13.2. The molecular weight excluding hydrogens is 392 g/mol. The van der Waals surface area contributed by atoms with Crippen LogP contribution in [0.2, 0.25) is 0 Å². The molecule has 3 rings (SSSR count). The van der Waals surface area contributed by atoms with Gasteiger partial charge in [0.2, 0.25) is 5.91 Å². The van der Waals surface area contributed by atoms with E-state index in [9.17, 15) is 14.4 Å². The van der Waals surface area contributed by atoms with Crippen LogP contribution >= 0.6 is 12.4 Å². The van der Waals surface area contributed by atoms with Crippen molar-refractivity contribution in [3.8, 4) is 0 Å². The summed E-state index contributed by atoms with van der Waals surface area (Å²) in [6.45, 7) is 6.54. The van der Waals surface area contributed by atoms with Gasteiger partial charge in [0.25, 0.3) is 5.91 Å². The molecule has 7 nitrogen and oxygen atoms in total. The van der Waals surface area contributed by atoms with Gasteiger partial charge in [-0.1, -0.05) is 40.0 Å². The van der Waals surface area contributed by atoms with E-state index in [0.29, 0.717) is 31.2 Å². The fourth-order valence-corrected chi connectivity index (χ4v) is 5.95. The first-order valence-electron chi connectivity index (χ1n) is 10.8. The van der Waals surface area contributed by atoms with E-state index < -0.39 is 11.6 Å². The molecule has 3 aliphatic rings. The van der Waals surface area contributed by atoms with Crippen LogP contribution in [0.5, 0.6) is 0 Å². The highest BCUT2D eigenvalue weighted by molar-refractivity contribution is 6.09. The maximum Gasteiger partial charge on any atom is 0.325 e. The Kier molecular flexibility index (Phi) is 7.60. The zero-order valence-corrected chi connectivity index (χ0v) is 18.8. The molecule has 0 aromatic rings. The minimum atomic E-state index is -0.866. The molecule has 0 bridgehead atoms. The van der Waals surface area contributed by atoms with Crippen LogP contribution in [0.15, 0.2) is 0 Å². The normalized spacial score (nSPS) is 30.6. The number of nitrogens with two attached hydrogens (primary N) is 1. The van der Waals surface area contributed by atoms with E-state index in [2.05, 4.69) is 31.4 Å². The fourth-order valence-electron chi connectivity index (χ4n) is 5.95. The number of nitrogens with one attached hydrogen (secondary N) is 2. The minimum Gasteiger partial charge on any atom is -0.350 e. The van der Waals surface area contributed by atoms with Crippen molar-refractivity contribution < 1.29 is 14.4 Å². The average Bonchev–Trinajstić information content (AvgIpc) is 2.82. The summed E-state index contributed by atoms with van der Waals surface area (Å²) >= 11 is 0. The molecule has 3 fully saturated rings. The topological polar surface area (TPSA) is 105 Å². The molecule has 1 spiro atoms. The number of amides is 4. The van der Waals surface area contributed by atoms with Crippen LogP contribution in [0.25, 0.3) is 0 Å². The second-order valence-corrected chi connectivity index (χ2v) is 10.1. The van der Waals surface area contributed by atoms with Gasteiger partial charge in [-0.25, -0.2) is 4.79 Å². The standard InChI is InChI=1S/C21H36N4O3.ClH/c1-14-9-20(2,3)13-21(10-14)18(27)25(19(28)24-21)12-17(26)23-16(11-22)15-7-5-4-6-8-15;/h14-16H,4-13,22H2,1-3H3,(H,23,26)(H,24,28);1H. The van der Waals surface area contributed by atoms with Crippen molar-refractivity contribution >= 4 is 30.3 Å². The highest BCUT2D eigenvalue weighted by Gasteiger charge is 2.56. The molecule has 3 atom stereocenters. The van der Waals surface area contributed by atoms with Gasteiger partial charge in [-0.2, -0.15) is 0 Å². The molecular formula is C21H37ClN4O3. The molecule has 1 heterocycles. The third-order valence-electron chi connectivity index (χ3n) is 6.75. The van der Waals surface area contributed by atoms with Gasteiger partial charge in [0.05, 0.1) is 0 Å². The molecule has 0 aromatic heterocycles. The Balaban J connectivity index is 0.00000300. The number of rotatable bonds is 5. The van der Waals surface area contributed by atoms with Crippen LogP contribution in [-0.4, -0.2) is 47.4 Å². The van der Waals surface area contributed by atoms with Crippen LogP contribution < -0.4 is 16.4 Å². The number of hydrogen-bond acceptors (Lipinski definition) is 4. The summed E-state index contributed by atoms with van der Waals surface area (Å²) in [6, 6.07) is -0.539. The first-order valence-corrected chi connectivity index (χ1v) is 10.8. The number of urea groups is 1. The van der Waals surface area contributed by atoms with Gasteiger partial charge in [0, 0.05) is 12.6 Å². The van der Waals surface area contributed by atoms with Gasteiger partial charge in [0.15, 0.2) is 0 Å². The Morgan fingerprint density at radius 1 is 1.24 bits per heavy atom. The SMILES string of the molecule is CC1CC(C)(C)CC2(C1)NC(=O)N(CC(=O)NC(CN)C1CCCCC1)C2=O.Cl. The summed E-state index contributed by atoms with van der Waals surface area (Å²) in [5, 5.41) is 5.91. The fraction of sp³-hybridized carbons (Fsp3) is 0.857. The molecule has 8 heteroatoms. The van der Waals surface area contributed by atoms with Gasteiger partial charge in [-0.3, -0.25) is 14.5 Å². The highest BCUT2D eigenvalue weighted by atomic mass is 35.5. The smallest absolute Gasteiger partial charge is 0.325 e. The van der Waals surface area contributed by atoms with E-state index in [1.54, 1.807) is 0 Å². The second kappa shape index (κ2) is 9.21. The van der Waals surface area contributed by atoms with Gasteiger partial charge >= 0.3 is 6.03 Å². The zero-order chi connectivity index (χ0) is 20.5. The third kappa shape index (κ3) is 5.23. The Bertz CT molecular complexity index is 635. The molecule has 4 amide bonds. The number of carbonyl (C=O) groups is 3. The Labute approximate surface area is 180 Å². The second-order valence-electron chi connectivity index (χ2n) is 10.1. The molecule has 0 radical (unpaired) electrons. The molecule has 3 unspecified atom stereocenters. The van der Waals surface area contributed by atoms with Gasteiger partial charge in [-0.05, 0) is 49.4 Å². The maximum absolute atomic E-state index is 13.2. The minimum absolute atomic E-state index is 0. The van der Waals surface area contributed by atoms with Gasteiger partial charge < -0.3 is 16.4 Å². The van der Waals surface area contributed by atoms with Crippen LogP contribution in [-0.2, 0) is 9.59 Å². The zero-order valence-electron chi connectivity index (χ0n) is 18.0. The molecule has 1 saturated heterocycles. The number of nitrogens with zero attached hydrogens (tertiary/aromatic N) is 1. The summed E-state index contributed by atoms with van der Waals surface area (Å²) in [5.41, 5.74) is 5.01. The van der Waals surface area contributed by atoms with Crippen molar-refractivity contribution in [2.24, 2.45) is 23.0 Å². The highest BCUT2D eigenvalue weighted by Crippen LogP contribution is 2.46. The Hall–Kier alpha value is -1.34. The third-order valence-corrected chi connectivity index (χ3v) is 6.75. The summed E-state index contributed by atoms with van der Waals surface area (Å²) in [5.74, 6) is 0.172. The number of hydrogen-bond donors (Lipinski definition) is 3. The molecule has 2 aliphatic carbocycles. The predicted octanol–water partition coefficient (Wildman–Crippen LogP) is 2.57. The van der Waals surface area contributed by atoms with Crippen molar-refractivity contribution in [2.75, 3.05) is 13.1 Å². The molecule has 2 saturated carbocycles. The van der Waals surface area contributed by atoms with Crippen molar-refractivity contribution in [3.05, 3.63) is 0 Å². The van der Waals surface area contributed by atoms with Crippen LogP contribution in [0.4, 0.5) is 4.79 Å². The first-order chi connectivity index (χ1) is 13.2. The van der Waals surface area contributed by atoms with Crippen molar-refractivity contribution in [2.45, 2.75) is 83.7 Å². The molecule has 4 N–H and O–H groups in total. The molecule has 29 heavy (non-hydrogen) atoms. The van der Waals surface area contributed by atoms with Crippen molar-refractivity contribution in [3.63, 3.8) is 0 Å². The quantitative estimate of drug-likeness (QED) is 0.585. The van der Waals surface area contributed by atoms with E-state index in [0.717, 1.165) is 24.2 Å².